The fourth-order valence-electron chi connectivity index (χ4n) is 5.89. The summed E-state index contributed by atoms with van der Waals surface area (Å²) in [5.41, 5.74) is -0.938. The Labute approximate surface area is 323 Å². The Balaban J connectivity index is 1.27. The van der Waals surface area contributed by atoms with Crippen LogP contribution in [0.2, 0.25) is 5.02 Å². The van der Waals surface area contributed by atoms with Crippen LogP contribution in [0.15, 0.2) is 36.4 Å². The maximum absolute atomic E-state index is 15.1. The molecule has 13 nitrogen and oxygen atoms in total. The molecule has 2 aromatic carbocycles. The van der Waals surface area contributed by atoms with Crippen LogP contribution >= 0.6 is 23.8 Å². The number of nitrogens with one attached hydrogen (secondary N) is 2. The van der Waals surface area contributed by atoms with Crippen molar-refractivity contribution in [2.24, 2.45) is 5.41 Å². The third kappa shape index (κ3) is 9.27. The number of amides is 4. The summed E-state index contributed by atoms with van der Waals surface area (Å²) in [7, 11) is 1.45. The summed E-state index contributed by atoms with van der Waals surface area (Å²) in [5.74, 6) is 7.78. The highest BCUT2D eigenvalue weighted by atomic mass is 35.5. The minimum Gasteiger partial charge on any atom is -0.478 e. The van der Waals surface area contributed by atoms with Gasteiger partial charge in [0.25, 0.3) is 5.91 Å². The zero-order valence-electron chi connectivity index (χ0n) is 30.6. The van der Waals surface area contributed by atoms with Gasteiger partial charge in [0.2, 0.25) is 17.7 Å². The highest BCUT2D eigenvalue weighted by Crippen LogP contribution is 2.38. The van der Waals surface area contributed by atoms with Crippen molar-refractivity contribution in [3.8, 4) is 35.5 Å². The van der Waals surface area contributed by atoms with E-state index < -0.39 is 59.3 Å². The SMILES string of the molecule is CNC(=O)[C@@H]1C[C@@H](O)CN1C(=O)[C@@H](NC(=O)COCC#CC#CCOc1ccc(N2C(=S)N(c3ccc(C#N)c(Cl)c3)C(=O)C2(C)C)cc1F)C(C)(C)C. The van der Waals surface area contributed by atoms with Crippen molar-refractivity contribution >= 4 is 63.9 Å². The lowest BCUT2D eigenvalue weighted by Crippen LogP contribution is -2.58. The number of likely N-dealkylation sites (N-methyl/N-ethyl adjacent to an activating group) is 1. The molecule has 0 aliphatic carbocycles. The monoisotopic (exact) mass is 778 g/mol. The number of carbonyl (C=O) groups is 4. The van der Waals surface area contributed by atoms with Crippen LogP contribution in [0.4, 0.5) is 15.8 Å². The first-order valence-electron chi connectivity index (χ1n) is 16.8. The molecule has 0 aromatic heterocycles. The van der Waals surface area contributed by atoms with Crippen molar-refractivity contribution in [1.82, 2.24) is 15.5 Å². The maximum atomic E-state index is 15.1. The van der Waals surface area contributed by atoms with Gasteiger partial charge in [0.15, 0.2) is 16.7 Å². The van der Waals surface area contributed by atoms with E-state index in [1.807, 2.05) is 6.07 Å². The molecule has 16 heteroatoms. The number of thiocarbonyl (C=S) groups is 1. The number of aliphatic hydroxyl groups excluding tert-OH is 1. The van der Waals surface area contributed by atoms with E-state index in [1.54, 1.807) is 46.8 Å². The molecule has 0 unspecified atom stereocenters. The van der Waals surface area contributed by atoms with Crippen molar-refractivity contribution < 1.29 is 38.1 Å². The minimum atomic E-state index is -1.17. The second kappa shape index (κ2) is 17.3. The van der Waals surface area contributed by atoms with E-state index in [4.69, 9.17) is 33.3 Å². The quantitative estimate of drug-likeness (QED) is 0.186. The smallest absolute Gasteiger partial charge is 0.259 e. The number of likely N-dealkylation sites (tertiary alicyclic amines) is 1. The number of benzene rings is 2. The van der Waals surface area contributed by atoms with Crippen LogP contribution < -0.4 is 25.2 Å². The third-order valence-electron chi connectivity index (χ3n) is 8.65. The number of β-amino-alcohol motifs (C(OH)–C–C–N with tert-alkyl or cyclic N) is 1. The van der Waals surface area contributed by atoms with Crippen LogP contribution in [0.25, 0.3) is 0 Å². The van der Waals surface area contributed by atoms with Gasteiger partial charge in [0, 0.05) is 31.8 Å². The van der Waals surface area contributed by atoms with Crippen LogP contribution in [0.3, 0.4) is 0 Å². The van der Waals surface area contributed by atoms with Crippen LogP contribution in [0.5, 0.6) is 5.75 Å². The molecule has 2 aromatic rings. The Kier molecular flexibility index (Phi) is 13.3. The number of halogens is 2. The van der Waals surface area contributed by atoms with E-state index in [-0.39, 0.29) is 53.5 Å². The van der Waals surface area contributed by atoms with Crippen molar-refractivity contribution in [3.05, 3.63) is 52.8 Å². The van der Waals surface area contributed by atoms with Gasteiger partial charge < -0.3 is 35.0 Å². The number of hydrogen-bond acceptors (Lipinski definition) is 9. The summed E-state index contributed by atoms with van der Waals surface area (Å²) in [6.07, 6.45) is -0.747. The molecule has 284 valence electrons. The molecule has 0 saturated carbocycles. The first-order valence-corrected chi connectivity index (χ1v) is 17.5. The van der Waals surface area contributed by atoms with Gasteiger partial charge in [-0.15, -0.1) is 0 Å². The first kappa shape index (κ1) is 41.5. The van der Waals surface area contributed by atoms with Crippen molar-refractivity contribution in [2.75, 3.05) is 43.2 Å². The molecular weight excluding hydrogens is 739 g/mol. The van der Waals surface area contributed by atoms with Gasteiger partial charge in [0.1, 0.15) is 43.5 Å². The Hall–Kier alpha value is -5.24. The number of anilines is 2. The Morgan fingerprint density at radius 2 is 1.80 bits per heavy atom. The average Bonchev–Trinajstić information content (AvgIpc) is 3.58. The highest BCUT2D eigenvalue weighted by molar-refractivity contribution is 7.81. The fraction of sp³-hybridized carbons (Fsp3) is 0.421. The number of aliphatic hydroxyl groups is 1. The van der Waals surface area contributed by atoms with E-state index >= 15 is 4.39 Å². The van der Waals surface area contributed by atoms with E-state index in [1.165, 1.54) is 46.0 Å². The number of ether oxygens (including phenoxy) is 2. The zero-order valence-corrected chi connectivity index (χ0v) is 32.2. The molecule has 2 fully saturated rings. The number of hydrogen-bond donors (Lipinski definition) is 3. The summed E-state index contributed by atoms with van der Waals surface area (Å²) in [5, 5.41) is 24.7. The molecule has 54 heavy (non-hydrogen) atoms. The topological polar surface area (TPSA) is 165 Å². The van der Waals surface area contributed by atoms with Gasteiger partial charge in [-0.2, -0.15) is 5.26 Å². The molecule has 4 amide bonds. The highest BCUT2D eigenvalue weighted by Gasteiger charge is 2.50. The summed E-state index contributed by atoms with van der Waals surface area (Å²) in [4.78, 5) is 55.9. The lowest BCUT2D eigenvalue weighted by molar-refractivity contribution is -0.144. The maximum Gasteiger partial charge on any atom is 0.259 e. The average molecular weight is 779 g/mol. The second-order valence-corrected chi connectivity index (χ2v) is 14.7. The van der Waals surface area contributed by atoms with E-state index in [0.717, 1.165) is 0 Å². The van der Waals surface area contributed by atoms with Crippen molar-refractivity contribution in [1.29, 1.82) is 5.26 Å². The molecule has 3 atom stereocenters. The largest absolute Gasteiger partial charge is 0.478 e. The summed E-state index contributed by atoms with van der Waals surface area (Å²) in [6.45, 7) is 7.89. The predicted octanol–water partition coefficient (Wildman–Crippen LogP) is 2.91. The second-order valence-electron chi connectivity index (χ2n) is 14.0. The number of carbonyl (C=O) groups excluding carboxylic acids is 4. The van der Waals surface area contributed by atoms with Crippen molar-refractivity contribution in [3.63, 3.8) is 0 Å². The van der Waals surface area contributed by atoms with E-state index in [2.05, 4.69) is 34.3 Å². The molecular formula is C38H40ClFN6O7S. The standard InChI is InChI=1S/C38H40ClFN6O7S/c1-37(2,3)32(34(50)44-21-26(47)19-29(44)33(49)42-6)43-31(48)22-52-15-9-7-8-10-16-53-30-14-13-25(18-28(30)40)46-36(54)45(35(51)38(46,4)5)24-12-11-23(20-41)27(39)17-24/h11-14,17-18,26,29,32,47H,15-16,19,21-22H2,1-6H3,(H,42,49)(H,43,48)/t26-,29+,32-/m1/s1. The summed E-state index contributed by atoms with van der Waals surface area (Å²) in [6, 6.07) is 8.83. The van der Waals surface area contributed by atoms with Crippen molar-refractivity contribution in [2.45, 2.75) is 64.8 Å². The van der Waals surface area contributed by atoms with Gasteiger partial charge >= 0.3 is 0 Å². The molecule has 3 N–H and O–H groups in total. The lowest BCUT2D eigenvalue weighted by Gasteiger charge is -2.35. The first-order chi connectivity index (χ1) is 25.4. The van der Waals surface area contributed by atoms with Gasteiger partial charge in [-0.25, -0.2) is 4.39 Å². The third-order valence-corrected chi connectivity index (χ3v) is 9.33. The van der Waals surface area contributed by atoms with Crippen LogP contribution in [0.1, 0.15) is 46.6 Å². The van der Waals surface area contributed by atoms with E-state index in [9.17, 15) is 29.5 Å². The van der Waals surface area contributed by atoms with Gasteiger partial charge in [-0.3, -0.25) is 24.1 Å². The molecule has 2 aliphatic heterocycles. The van der Waals surface area contributed by atoms with Gasteiger partial charge in [-0.05, 0) is 79.6 Å². The zero-order chi connectivity index (χ0) is 40.0. The number of nitriles is 1. The Morgan fingerprint density at radius 1 is 1.13 bits per heavy atom. The summed E-state index contributed by atoms with van der Waals surface area (Å²) < 4.78 is 25.9. The molecule has 0 bridgehead atoms. The summed E-state index contributed by atoms with van der Waals surface area (Å²) >= 11 is 11.8. The fourth-order valence-corrected chi connectivity index (χ4v) is 6.63. The minimum absolute atomic E-state index is 0.0211. The van der Waals surface area contributed by atoms with Crippen LogP contribution in [-0.4, -0.2) is 95.9 Å². The van der Waals surface area contributed by atoms with Gasteiger partial charge in [0.05, 0.1) is 22.4 Å². The molecule has 0 spiro atoms. The molecule has 0 radical (unpaired) electrons. The van der Waals surface area contributed by atoms with Gasteiger partial charge in [-0.1, -0.05) is 38.3 Å². The molecule has 2 aliphatic rings. The van der Waals surface area contributed by atoms with E-state index in [0.29, 0.717) is 11.4 Å². The van der Waals surface area contributed by atoms with Crippen LogP contribution in [-0.2, 0) is 23.9 Å². The number of nitrogens with zero attached hydrogens (tertiary/aromatic N) is 4. The predicted molar refractivity (Wildman–Crippen MR) is 203 cm³/mol. The normalized spacial score (nSPS) is 18.2. The Morgan fingerprint density at radius 3 is 2.41 bits per heavy atom. The Bertz CT molecular complexity index is 2010. The molecule has 2 heterocycles. The number of rotatable bonds is 10. The molecule has 2 saturated heterocycles. The lowest BCUT2D eigenvalue weighted by atomic mass is 9.85. The van der Waals surface area contributed by atoms with Crippen LogP contribution in [0, 0.1) is 46.2 Å². The molecule has 4 rings (SSSR count).